The third-order valence-corrected chi connectivity index (χ3v) is 4.89. The quantitative estimate of drug-likeness (QED) is 0.362. The highest BCUT2D eigenvalue weighted by atomic mass is 32.1. The molecule has 4 aromatic rings. The van der Waals surface area contributed by atoms with Gasteiger partial charge in [0.25, 0.3) is 5.91 Å². The van der Waals surface area contributed by atoms with E-state index in [-0.39, 0.29) is 5.56 Å². The van der Waals surface area contributed by atoms with Gasteiger partial charge in [-0.25, -0.2) is 9.37 Å². The molecule has 0 aliphatic heterocycles. The van der Waals surface area contributed by atoms with Gasteiger partial charge >= 0.3 is 0 Å². The number of hydrogen-bond donors (Lipinski definition) is 0. The summed E-state index contributed by atoms with van der Waals surface area (Å²) in [6.07, 6.45) is 2.94. The standard InChI is InChI=1S/C20H14FN3O3S/c1-26-15-8-9-17-18(11-15)28-20(23-17)24(22-12-16-3-2-10-27-16)19(25)13-4-6-14(21)7-5-13/h2-12H,1H3/b22-12-. The van der Waals surface area contributed by atoms with Crippen molar-refractivity contribution < 1.29 is 18.3 Å². The molecule has 140 valence electrons. The second-order valence-electron chi connectivity index (χ2n) is 5.71. The Hall–Kier alpha value is -3.52. The van der Waals surface area contributed by atoms with Gasteiger partial charge in [-0.3, -0.25) is 4.79 Å². The molecule has 0 aliphatic carbocycles. The van der Waals surface area contributed by atoms with Crippen LogP contribution in [0, 0.1) is 5.82 Å². The average Bonchev–Trinajstić information content (AvgIpc) is 3.37. The van der Waals surface area contributed by atoms with Gasteiger partial charge in [-0.2, -0.15) is 10.1 Å². The third kappa shape index (κ3) is 3.63. The lowest BCUT2D eigenvalue weighted by atomic mass is 10.2. The Labute approximate surface area is 163 Å². The van der Waals surface area contributed by atoms with Crippen LogP contribution in [0.25, 0.3) is 10.2 Å². The zero-order valence-electron chi connectivity index (χ0n) is 14.7. The summed E-state index contributed by atoms with van der Waals surface area (Å²) in [5, 5.41) is 5.81. The predicted octanol–water partition coefficient (Wildman–Crippen LogP) is 4.72. The molecule has 0 radical (unpaired) electrons. The van der Waals surface area contributed by atoms with Crippen molar-refractivity contribution in [2.75, 3.05) is 12.1 Å². The van der Waals surface area contributed by atoms with Crippen LogP contribution in [-0.4, -0.2) is 24.2 Å². The van der Waals surface area contributed by atoms with E-state index in [2.05, 4.69) is 10.1 Å². The Balaban J connectivity index is 1.75. The number of thiazole rings is 1. The van der Waals surface area contributed by atoms with Crippen LogP contribution in [0.15, 0.2) is 70.4 Å². The fraction of sp³-hybridized carbons (Fsp3) is 0.0500. The Kier molecular flexibility index (Phi) is 4.86. The number of anilines is 1. The number of methoxy groups -OCH3 is 1. The van der Waals surface area contributed by atoms with E-state index in [0.29, 0.717) is 22.2 Å². The number of carbonyl (C=O) groups excluding carboxylic acids is 1. The van der Waals surface area contributed by atoms with Gasteiger partial charge in [0.2, 0.25) is 5.13 Å². The number of hydrogen-bond acceptors (Lipinski definition) is 6. The Bertz CT molecular complexity index is 1140. The molecule has 6 nitrogen and oxygen atoms in total. The Morgan fingerprint density at radius 3 is 2.79 bits per heavy atom. The molecule has 0 saturated carbocycles. The Morgan fingerprint density at radius 2 is 2.07 bits per heavy atom. The van der Waals surface area contributed by atoms with Crippen molar-refractivity contribution in [3.8, 4) is 5.75 Å². The molecule has 28 heavy (non-hydrogen) atoms. The van der Waals surface area contributed by atoms with Crippen LogP contribution in [0.5, 0.6) is 5.75 Å². The molecule has 2 aromatic carbocycles. The van der Waals surface area contributed by atoms with Gasteiger partial charge in [0.05, 0.1) is 29.8 Å². The average molecular weight is 395 g/mol. The molecule has 0 aliphatic rings. The molecule has 8 heteroatoms. The fourth-order valence-electron chi connectivity index (χ4n) is 2.49. The fourth-order valence-corrected chi connectivity index (χ4v) is 3.44. The molecule has 0 N–H and O–H groups in total. The first-order valence-electron chi connectivity index (χ1n) is 8.26. The summed E-state index contributed by atoms with van der Waals surface area (Å²) in [5.74, 6) is 0.320. The van der Waals surface area contributed by atoms with Crippen LogP contribution in [0.4, 0.5) is 9.52 Å². The van der Waals surface area contributed by atoms with Gasteiger partial charge in [0.15, 0.2) is 0 Å². The number of hydrazone groups is 1. The van der Waals surface area contributed by atoms with Gasteiger partial charge in [-0.1, -0.05) is 11.3 Å². The lowest BCUT2D eigenvalue weighted by Crippen LogP contribution is -2.25. The molecule has 4 rings (SSSR count). The number of carbonyl (C=O) groups is 1. The maximum atomic E-state index is 13.2. The first-order chi connectivity index (χ1) is 13.6. The van der Waals surface area contributed by atoms with E-state index in [1.54, 1.807) is 25.3 Å². The highest BCUT2D eigenvalue weighted by Gasteiger charge is 2.21. The summed E-state index contributed by atoms with van der Waals surface area (Å²) in [6.45, 7) is 0. The van der Waals surface area contributed by atoms with E-state index in [9.17, 15) is 9.18 Å². The number of aromatic nitrogens is 1. The monoisotopic (exact) mass is 395 g/mol. The summed E-state index contributed by atoms with van der Waals surface area (Å²) in [5.41, 5.74) is 1.00. The van der Waals surface area contributed by atoms with E-state index in [1.165, 1.54) is 53.1 Å². The van der Waals surface area contributed by atoms with E-state index in [0.717, 1.165) is 4.70 Å². The molecule has 0 unspecified atom stereocenters. The number of benzene rings is 2. The SMILES string of the molecule is COc1ccc2nc(N(/N=C\c3ccco3)C(=O)c3ccc(F)cc3)sc2c1. The van der Waals surface area contributed by atoms with Crippen LogP contribution in [-0.2, 0) is 0 Å². The smallest absolute Gasteiger partial charge is 0.280 e. The number of amides is 1. The molecular weight excluding hydrogens is 381 g/mol. The van der Waals surface area contributed by atoms with Crippen molar-refractivity contribution in [2.24, 2.45) is 5.10 Å². The number of fused-ring (bicyclic) bond motifs is 1. The summed E-state index contributed by atoms with van der Waals surface area (Å²) in [4.78, 5) is 17.5. The van der Waals surface area contributed by atoms with Crippen LogP contribution in [0.3, 0.4) is 0 Å². The highest BCUT2D eigenvalue weighted by Crippen LogP contribution is 2.32. The summed E-state index contributed by atoms with van der Waals surface area (Å²) >= 11 is 1.29. The zero-order valence-corrected chi connectivity index (χ0v) is 15.5. The number of halogens is 1. The van der Waals surface area contributed by atoms with Crippen molar-refractivity contribution in [2.45, 2.75) is 0 Å². The molecular formula is C20H14FN3O3S. The molecule has 0 bridgehead atoms. The van der Waals surface area contributed by atoms with Crippen molar-refractivity contribution in [3.05, 3.63) is 78.0 Å². The minimum Gasteiger partial charge on any atom is -0.497 e. The van der Waals surface area contributed by atoms with Gasteiger partial charge in [-0.15, -0.1) is 0 Å². The minimum atomic E-state index is -0.436. The van der Waals surface area contributed by atoms with E-state index >= 15 is 0 Å². The minimum absolute atomic E-state index is 0.287. The first kappa shape index (κ1) is 17.9. The topological polar surface area (TPSA) is 67.9 Å². The van der Waals surface area contributed by atoms with Gasteiger partial charge in [0, 0.05) is 5.56 Å². The van der Waals surface area contributed by atoms with Crippen LogP contribution in [0.1, 0.15) is 16.1 Å². The van der Waals surface area contributed by atoms with Gasteiger partial charge < -0.3 is 9.15 Å². The molecule has 0 spiro atoms. The van der Waals surface area contributed by atoms with Gasteiger partial charge in [0.1, 0.15) is 17.3 Å². The maximum Gasteiger partial charge on any atom is 0.280 e. The largest absolute Gasteiger partial charge is 0.497 e. The van der Waals surface area contributed by atoms with Crippen molar-refractivity contribution in [1.29, 1.82) is 0 Å². The number of ether oxygens (including phenoxy) is 1. The highest BCUT2D eigenvalue weighted by molar-refractivity contribution is 7.22. The first-order valence-corrected chi connectivity index (χ1v) is 9.08. The molecule has 2 aromatic heterocycles. The van der Waals surface area contributed by atoms with Gasteiger partial charge in [-0.05, 0) is 54.6 Å². The van der Waals surface area contributed by atoms with Crippen LogP contribution < -0.4 is 9.75 Å². The lowest BCUT2D eigenvalue weighted by Gasteiger charge is -2.13. The molecule has 0 saturated heterocycles. The molecule has 2 heterocycles. The van der Waals surface area contributed by atoms with Crippen LogP contribution in [0.2, 0.25) is 0 Å². The van der Waals surface area contributed by atoms with E-state index < -0.39 is 11.7 Å². The predicted molar refractivity (Wildman–Crippen MR) is 106 cm³/mol. The van der Waals surface area contributed by atoms with E-state index in [4.69, 9.17) is 9.15 Å². The van der Waals surface area contributed by atoms with Crippen molar-refractivity contribution in [1.82, 2.24) is 4.98 Å². The molecule has 0 atom stereocenters. The zero-order chi connectivity index (χ0) is 19.5. The second-order valence-corrected chi connectivity index (χ2v) is 6.72. The van der Waals surface area contributed by atoms with Crippen LogP contribution >= 0.6 is 11.3 Å². The van der Waals surface area contributed by atoms with Crippen molar-refractivity contribution in [3.63, 3.8) is 0 Å². The summed E-state index contributed by atoms with van der Waals surface area (Å²) < 4.78 is 24.6. The lowest BCUT2D eigenvalue weighted by molar-refractivity contribution is 0.0988. The number of furan rings is 1. The normalized spacial score (nSPS) is 11.2. The van der Waals surface area contributed by atoms with E-state index in [1.807, 2.05) is 12.1 Å². The number of rotatable bonds is 5. The molecule has 0 fully saturated rings. The Morgan fingerprint density at radius 1 is 1.25 bits per heavy atom. The summed E-state index contributed by atoms with van der Waals surface area (Å²) in [7, 11) is 1.58. The maximum absolute atomic E-state index is 13.2. The third-order valence-electron chi connectivity index (χ3n) is 3.89. The summed E-state index contributed by atoms with van der Waals surface area (Å²) in [6, 6.07) is 14.1. The second kappa shape index (κ2) is 7.61. The number of nitrogens with zero attached hydrogens (tertiary/aromatic N) is 3. The van der Waals surface area contributed by atoms with Crippen molar-refractivity contribution >= 4 is 38.8 Å². The molecule has 1 amide bonds.